The van der Waals surface area contributed by atoms with Gasteiger partial charge in [0, 0.05) is 47.2 Å². The molecule has 0 radical (unpaired) electrons. The van der Waals surface area contributed by atoms with Gasteiger partial charge in [-0.05, 0) is 39.0 Å². The van der Waals surface area contributed by atoms with Gasteiger partial charge in [0.1, 0.15) is 11.9 Å². The van der Waals surface area contributed by atoms with Gasteiger partial charge in [-0.2, -0.15) is 5.10 Å². The van der Waals surface area contributed by atoms with Crippen molar-refractivity contribution in [2.45, 2.75) is 45.1 Å². The van der Waals surface area contributed by atoms with Crippen molar-refractivity contribution in [3.8, 4) is 11.3 Å². The molecule has 0 bridgehead atoms. The molecular formula is C22H29ClFN7O4S. The summed E-state index contributed by atoms with van der Waals surface area (Å²) in [7, 11) is -2.41. The quantitative estimate of drug-likeness (QED) is 0.440. The maximum atomic E-state index is 15.6. The van der Waals surface area contributed by atoms with Crippen LogP contribution < -0.4 is 15.4 Å². The van der Waals surface area contributed by atoms with Gasteiger partial charge >= 0.3 is 6.09 Å². The first-order valence-corrected chi connectivity index (χ1v) is 13.4. The molecule has 0 spiro atoms. The number of sulfonamides is 1. The summed E-state index contributed by atoms with van der Waals surface area (Å²) in [5.74, 6) is 0.290. The lowest BCUT2D eigenvalue weighted by molar-refractivity contribution is 0.168. The van der Waals surface area contributed by atoms with Crippen LogP contribution in [0.5, 0.6) is 0 Å². The van der Waals surface area contributed by atoms with Gasteiger partial charge in [-0.1, -0.05) is 11.6 Å². The van der Waals surface area contributed by atoms with Crippen LogP contribution >= 0.6 is 11.6 Å². The second-order valence-corrected chi connectivity index (χ2v) is 10.8. The summed E-state index contributed by atoms with van der Waals surface area (Å²) in [6, 6.07) is 0.167. The molecule has 2 heterocycles. The largest absolute Gasteiger partial charge is 0.453 e. The highest BCUT2D eigenvalue weighted by Gasteiger charge is 2.33. The van der Waals surface area contributed by atoms with Gasteiger partial charge in [0.05, 0.1) is 25.1 Å². The third-order valence-electron chi connectivity index (χ3n) is 5.18. The Bertz CT molecular complexity index is 1280. The SMILES string of the molecule is COC(=O)N[C@@H](C)CNc1nccc(-c2cn(C(C)C)nc2C2=CC(Cl)=CC(NS(C)(=O)=O)C2F)n1. The van der Waals surface area contributed by atoms with Crippen LogP contribution in [0.3, 0.4) is 0 Å². The van der Waals surface area contributed by atoms with Crippen molar-refractivity contribution in [2.75, 3.05) is 25.2 Å². The summed E-state index contributed by atoms with van der Waals surface area (Å²) in [5.41, 5.74) is 1.40. The summed E-state index contributed by atoms with van der Waals surface area (Å²) in [4.78, 5) is 20.1. The van der Waals surface area contributed by atoms with Crippen LogP contribution in [-0.4, -0.2) is 72.4 Å². The van der Waals surface area contributed by atoms with Crippen LogP contribution in [-0.2, 0) is 14.8 Å². The van der Waals surface area contributed by atoms with Gasteiger partial charge in [-0.3, -0.25) is 4.68 Å². The molecule has 3 N–H and O–H groups in total. The molecule has 0 fully saturated rings. The number of nitrogens with one attached hydrogen (secondary N) is 3. The minimum absolute atomic E-state index is 0.0413. The number of ether oxygens (including phenoxy) is 1. The normalized spacial score (nSPS) is 18.9. The fourth-order valence-corrected chi connectivity index (χ4v) is 4.41. The van der Waals surface area contributed by atoms with Crippen molar-refractivity contribution in [2.24, 2.45) is 0 Å². The van der Waals surface area contributed by atoms with Crippen molar-refractivity contribution in [3.63, 3.8) is 0 Å². The van der Waals surface area contributed by atoms with Gasteiger partial charge < -0.3 is 15.4 Å². The number of rotatable bonds is 9. The van der Waals surface area contributed by atoms with Crippen LogP contribution in [0.15, 0.2) is 35.6 Å². The van der Waals surface area contributed by atoms with E-state index in [1.54, 1.807) is 30.1 Å². The average molecular weight is 542 g/mol. The molecule has 14 heteroatoms. The Hall–Kier alpha value is -3.03. The third-order valence-corrected chi connectivity index (χ3v) is 6.11. The second-order valence-electron chi connectivity index (χ2n) is 8.62. The van der Waals surface area contributed by atoms with Crippen LogP contribution in [0.2, 0.25) is 0 Å². The molecule has 1 aliphatic carbocycles. The standard InChI is InChI=1S/C22H29ClFN7O4S/c1-12(2)31-11-16(17-6-7-25-21(28-17)26-10-13(3)27-22(32)35-4)20(29-31)15-8-14(23)9-18(19(15)24)30-36(5,33)34/h6-9,11-13,18-19,30H,10H2,1-5H3,(H,27,32)(H,25,26,28)/t13-,18?,19?/m0/s1. The number of aromatic nitrogens is 4. The zero-order valence-corrected chi connectivity index (χ0v) is 22.1. The van der Waals surface area contributed by atoms with Gasteiger partial charge in [0.2, 0.25) is 16.0 Å². The van der Waals surface area contributed by atoms with Crippen LogP contribution in [0.25, 0.3) is 16.8 Å². The van der Waals surface area contributed by atoms with E-state index in [1.807, 2.05) is 13.8 Å². The molecule has 3 atom stereocenters. The van der Waals surface area contributed by atoms with Gasteiger partial charge in [-0.15, -0.1) is 0 Å². The molecule has 36 heavy (non-hydrogen) atoms. The zero-order valence-electron chi connectivity index (χ0n) is 20.5. The lowest BCUT2D eigenvalue weighted by Crippen LogP contribution is -2.41. The molecule has 2 aromatic heterocycles. The molecule has 0 aliphatic heterocycles. The third kappa shape index (κ3) is 7.02. The van der Waals surface area contributed by atoms with E-state index in [1.165, 1.54) is 19.3 Å². The maximum absolute atomic E-state index is 15.6. The highest BCUT2D eigenvalue weighted by Crippen LogP contribution is 2.36. The summed E-state index contributed by atoms with van der Waals surface area (Å²) in [6.07, 6.45) is 4.70. The van der Waals surface area contributed by atoms with E-state index in [0.717, 1.165) is 6.26 Å². The monoisotopic (exact) mass is 541 g/mol. The summed E-state index contributed by atoms with van der Waals surface area (Å²) in [5, 5.41) is 10.4. The van der Waals surface area contributed by atoms with Crippen LogP contribution in [0, 0.1) is 0 Å². The Morgan fingerprint density at radius 3 is 2.69 bits per heavy atom. The molecule has 0 aromatic carbocycles. The minimum Gasteiger partial charge on any atom is -0.453 e. The lowest BCUT2D eigenvalue weighted by atomic mass is 9.93. The van der Waals surface area contributed by atoms with E-state index in [-0.39, 0.29) is 28.4 Å². The number of halogens is 2. The van der Waals surface area contributed by atoms with E-state index >= 15 is 4.39 Å². The Balaban J connectivity index is 1.95. The molecule has 1 aliphatic rings. The lowest BCUT2D eigenvalue weighted by Gasteiger charge is -2.24. The number of hydrogen-bond acceptors (Lipinski definition) is 8. The molecule has 0 saturated heterocycles. The Labute approximate surface area is 214 Å². The second kappa shape index (κ2) is 11.4. The molecule has 2 unspecified atom stereocenters. The average Bonchev–Trinajstić information content (AvgIpc) is 3.25. The summed E-state index contributed by atoms with van der Waals surface area (Å²) < 4.78 is 47.6. The van der Waals surface area contributed by atoms with E-state index < -0.39 is 28.3 Å². The van der Waals surface area contributed by atoms with Crippen molar-refractivity contribution >= 4 is 39.2 Å². The van der Waals surface area contributed by atoms with E-state index in [2.05, 4.69) is 35.2 Å². The highest BCUT2D eigenvalue weighted by atomic mass is 35.5. The molecule has 1 amide bonds. The van der Waals surface area contributed by atoms with Crippen LogP contribution in [0.4, 0.5) is 15.1 Å². The predicted molar refractivity (Wildman–Crippen MR) is 136 cm³/mol. The van der Waals surface area contributed by atoms with Crippen molar-refractivity contribution < 1.29 is 22.3 Å². The Morgan fingerprint density at radius 2 is 2.06 bits per heavy atom. The van der Waals surface area contributed by atoms with E-state index in [4.69, 9.17) is 11.6 Å². The number of anilines is 1. The first kappa shape index (κ1) is 27.6. The topological polar surface area (TPSA) is 140 Å². The fraction of sp³-hybridized carbons (Fsp3) is 0.455. The van der Waals surface area contributed by atoms with Gasteiger partial charge in [0.25, 0.3) is 0 Å². The highest BCUT2D eigenvalue weighted by molar-refractivity contribution is 7.88. The number of hydrogen-bond donors (Lipinski definition) is 3. The summed E-state index contributed by atoms with van der Waals surface area (Å²) >= 11 is 6.23. The molecule has 196 valence electrons. The van der Waals surface area contributed by atoms with Crippen molar-refractivity contribution in [1.82, 2.24) is 29.8 Å². The Morgan fingerprint density at radius 1 is 1.33 bits per heavy atom. The molecular weight excluding hydrogens is 513 g/mol. The van der Waals surface area contributed by atoms with Crippen molar-refractivity contribution in [1.29, 1.82) is 0 Å². The number of alkyl carbamates (subject to hydrolysis) is 1. The smallest absolute Gasteiger partial charge is 0.407 e. The van der Waals surface area contributed by atoms with Crippen molar-refractivity contribution in [3.05, 3.63) is 41.3 Å². The maximum Gasteiger partial charge on any atom is 0.407 e. The first-order chi connectivity index (χ1) is 16.9. The summed E-state index contributed by atoms with van der Waals surface area (Å²) in [6.45, 7) is 5.96. The number of carbonyl (C=O) groups is 1. The number of methoxy groups -OCH3 is 1. The zero-order chi connectivity index (χ0) is 26.6. The molecule has 3 rings (SSSR count). The molecule has 11 nitrogen and oxygen atoms in total. The van der Waals surface area contributed by atoms with E-state index in [0.29, 0.717) is 23.8 Å². The minimum atomic E-state index is -3.69. The predicted octanol–water partition coefficient (Wildman–Crippen LogP) is 2.85. The molecule has 0 saturated carbocycles. The number of nitrogens with zero attached hydrogens (tertiary/aromatic N) is 4. The number of amides is 1. The number of alkyl halides is 1. The van der Waals surface area contributed by atoms with Gasteiger partial charge in [-0.25, -0.2) is 32.3 Å². The number of carbonyl (C=O) groups excluding carboxylic acids is 1. The van der Waals surface area contributed by atoms with E-state index in [9.17, 15) is 13.2 Å². The van der Waals surface area contributed by atoms with Crippen LogP contribution in [0.1, 0.15) is 32.5 Å². The molecule has 2 aromatic rings. The number of allylic oxidation sites excluding steroid dienone is 2. The first-order valence-electron chi connectivity index (χ1n) is 11.1. The fourth-order valence-electron chi connectivity index (χ4n) is 3.47. The Kier molecular flexibility index (Phi) is 8.69. The van der Waals surface area contributed by atoms with Gasteiger partial charge in [0.15, 0.2) is 0 Å².